The van der Waals surface area contributed by atoms with Crippen LogP contribution in [0.1, 0.15) is 26.2 Å². The third-order valence-corrected chi connectivity index (χ3v) is 3.04. The maximum atomic E-state index is 10.7. The third-order valence-electron chi connectivity index (χ3n) is 3.04. The van der Waals surface area contributed by atoms with Crippen LogP contribution in [0.25, 0.3) is 0 Å². The van der Waals surface area contributed by atoms with Gasteiger partial charge >= 0.3 is 0 Å². The number of carbonyl (C=O) groups is 1. The predicted molar refractivity (Wildman–Crippen MR) is 67.8 cm³/mol. The maximum Gasteiger partial charge on any atom is 0.216 e. The minimum atomic E-state index is 0.0463. The molecule has 0 aromatic heterocycles. The zero-order chi connectivity index (χ0) is 12.5. The van der Waals surface area contributed by atoms with Gasteiger partial charge in [-0.3, -0.25) is 4.79 Å². The molecule has 0 aromatic rings. The molecular formula is C12H25N3O2. The van der Waals surface area contributed by atoms with Gasteiger partial charge in [-0.1, -0.05) is 0 Å². The number of nitrogens with one attached hydrogen (secondary N) is 1. The molecule has 0 aliphatic carbocycles. The molecule has 1 heterocycles. The molecule has 1 aliphatic heterocycles. The minimum absolute atomic E-state index is 0.0463. The Morgan fingerprint density at radius 1 is 1.47 bits per heavy atom. The molecule has 0 aromatic carbocycles. The van der Waals surface area contributed by atoms with Crippen LogP contribution in [0.2, 0.25) is 0 Å². The summed E-state index contributed by atoms with van der Waals surface area (Å²) in [4.78, 5) is 13.1. The first-order valence-electron chi connectivity index (χ1n) is 6.51. The number of amides is 1. The first kappa shape index (κ1) is 14.4. The van der Waals surface area contributed by atoms with E-state index >= 15 is 0 Å². The first-order valence-corrected chi connectivity index (χ1v) is 6.51. The largest absolute Gasteiger partial charge is 0.378 e. The summed E-state index contributed by atoms with van der Waals surface area (Å²) in [7, 11) is 0. The fourth-order valence-corrected chi connectivity index (χ4v) is 2.02. The quantitative estimate of drug-likeness (QED) is 0.615. The Hall–Kier alpha value is -0.650. The van der Waals surface area contributed by atoms with E-state index in [1.165, 1.54) is 0 Å². The lowest BCUT2D eigenvalue weighted by molar-refractivity contribution is -0.119. The van der Waals surface area contributed by atoms with Crippen molar-refractivity contribution in [2.24, 2.45) is 5.73 Å². The van der Waals surface area contributed by atoms with Gasteiger partial charge in [-0.15, -0.1) is 0 Å². The summed E-state index contributed by atoms with van der Waals surface area (Å²) in [5, 5.41) is 2.82. The van der Waals surface area contributed by atoms with Crippen LogP contribution in [0.4, 0.5) is 0 Å². The molecule has 1 rings (SSSR count). The molecule has 0 saturated carbocycles. The second-order valence-electron chi connectivity index (χ2n) is 4.54. The number of nitrogens with zero attached hydrogens (tertiary/aromatic N) is 1. The van der Waals surface area contributed by atoms with Crippen LogP contribution in [0.15, 0.2) is 0 Å². The molecule has 0 bridgehead atoms. The lowest BCUT2D eigenvalue weighted by Gasteiger charge is -2.31. The molecule has 1 aliphatic rings. The summed E-state index contributed by atoms with van der Waals surface area (Å²) >= 11 is 0. The standard InChI is InChI=1S/C12H25N3O2/c1-11(16)14-6-9-15-7-3-12(4-8-15)17-10-2-5-13/h12H,2-10,13H2,1H3,(H,14,16). The molecule has 1 fully saturated rings. The van der Waals surface area contributed by atoms with E-state index in [2.05, 4.69) is 10.2 Å². The topological polar surface area (TPSA) is 67.6 Å². The Bertz CT molecular complexity index is 216. The molecule has 0 unspecified atom stereocenters. The summed E-state index contributed by atoms with van der Waals surface area (Å²) in [5.41, 5.74) is 5.42. The Morgan fingerprint density at radius 2 is 2.18 bits per heavy atom. The molecule has 0 atom stereocenters. The third kappa shape index (κ3) is 6.61. The van der Waals surface area contributed by atoms with Crippen molar-refractivity contribution < 1.29 is 9.53 Å². The van der Waals surface area contributed by atoms with Crippen molar-refractivity contribution in [2.45, 2.75) is 32.3 Å². The monoisotopic (exact) mass is 243 g/mol. The number of hydrogen-bond acceptors (Lipinski definition) is 4. The lowest BCUT2D eigenvalue weighted by Crippen LogP contribution is -2.41. The highest BCUT2D eigenvalue weighted by molar-refractivity contribution is 5.72. The Labute approximate surface area is 104 Å². The highest BCUT2D eigenvalue weighted by Crippen LogP contribution is 2.13. The molecule has 1 amide bonds. The molecule has 1 saturated heterocycles. The fourth-order valence-electron chi connectivity index (χ4n) is 2.02. The van der Waals surface area contributed by atoms with Gasteiger partial charge in [0.05, 0.1) is 6.10 Å². The van der Waals surface area contributed by atoms with Crippen molar-refractivity contribution in [3.05, 3.63) is 0 Å². The molecule has 0 spiro atoms. The molecule has 5 heteroatoms. The van der Waals surface area contributed by atoms with Gasteiger partial charge in [0.25, 0.3) is 0 Å². The Morgan fingerprint density at radius 3 is 2.76 bits per heavy atom. The van der Waals surface area contributed by atoms with Crippen molar-refractivity contribution in [3.8, 4) is 0 Å². The molecule has 17 heavy (non-hydrogen) atoms. The number of nitrogens with two attached hydrogens (primary N) is 1. The zero-order valence-electron chi connectivity index (χ0n) is 10.8. The summed E-state index contributed by atoms with van der Waals surface area (Å²) in [5.74, 6) is 0.0463. The SMILES string of the molecule is CC(=O)NCCN1CCC(OCCCN)CC1. The van der Waals surface area contributed by atoms with E-state index in [0.717, 1.165) is 52.0 Å². The lowest BCUT2D eigenvalue weighted by atomic mass is 10.1. The van der Waals surface area contributed by atoms with E-state index in [1.54, 1.807) is 6.92 Å². The van der Waals surface area contributed by atoms with E-state index in [4.69, 9.17) is 10.5 Å². The van der Waals surface area contributed by atoms with Crippen LogP contribution >= 0.6 is 0 Å². The molecule has 3 N–H and O–H groups in total. The smallest absolute Gasteiger partial charge is 0.216 e. The minimum Gasteiger partial charge on any atom is -0.378 e. The second-order valence-corrected chi connectivity index (χ2v) is 4.54. The highest BCUT2D eigenvalue weighted by Gasteiger charge is 2.18. The van der Waals surface area contributed by atoms with E-state index in [1.807, 2.05) is 0 Å². The van der Waals surface area contributed by atoms with Crippen molar-refractivity contribution in [1.29, 1.82) is 0 Å². The molecular weight excluding hydrogens is 218 g/mol. The van der Waals surface area contributed by atoms with E-state index in [0.29, 0.717) is 12.6 Å². The molecule has 0 radical (unpaired) electrons. The van der Waals surface area contributed by atoms with Crippen LogP contribution < -0.4 is 11.1 Å². The zero-order valence-corrected chi connectivity index (χ0v) is 10.8. The van der Waals surface area contributed by atoms with Gasteiger partial charge < -0.3 is 20.7 Å². The maximum absolute atomic E-state index is 10.7. The summed E-state index contributed by atoms with van der Waals surface area (Å²) < 4.78 is 5.74. The Kier molecular flexibility index (Phi) is 7.16. The van der Waals surface area contributed by atoms with Crippen LogP contribution in [0.3, 0.4) is 0 Å². The van der Waals surface area contributed by atoms with Crippen LogP contribution in [0.5, 0.6) is 0 Å². The molecule has 100 valence electrons. The fraction of sp³-hybridized carbons (Fsp3) is 0.917. The van der Waals surface area contributed by atoms with Crippen molar-refractivity contribution in [1.82, 2.24) is 10.2 Å². The second kappa shape index (κ2) is 8.44. The normalized spacial score (nSPS) is 18.2. The van der Waals surface area contributed by atoms with Gasteiger partial charge in [0.2, 0.25) is 5.91 Å². The van der Waals surface area contributed by atoms with E-state index in [9.17, 15) is 4.79 Å². The number of carbonyl (C=O) groups excluding carboxylic acids is 1. The van der Waals surface area contributed by atoms with Crippen molar-refractivity contribution in [3.63, 3.8) is 0 Å². The Balaban J connectivity index is 2.03. The van der Waals surface area contributed by atoms with Crippen molar-refractivity contribution >= 4 is 5.91 Å². The van der Waals surface area contributed by atoms with E-state index in [-0.39, 0.29) is 5.91 Å². The van der Waals surface area contributed by atoms with E-state index < -0.39 is 0 Å². The van der Waals surface area contributed by atoms with Gasteiger partial charge in [0, 0.05) is 39.7 Å². The van der Waals surface area contributed by atoms with Gasteiger partial charge in [-0.05, 0) is 25.8 Å². The summed E-state index contributed by atoms with van der Waals surface area (Å²) in [6.07, 6.45) is 3.52. The number of piperidine rings is 1. The van der Waals surface area contributed by atoms with Gasteiger partial charge in [-0.2, -0.15) is 0 Å². The van der Waals surface area contributed by atoms with Crippen molar-refractivity contribution in [2.75, 3.05) is 39.3 Å². The number of rotatable bonds is 7. The molecule has 5 nitrogen and oxygen atoms in total. The average Bonchev–Trinajstić information content (AvgIpc) is 2.31. The van der Waals surface area contributed by atoms with Gasteiger partial charge in [0.15, 0.2) is 0 Å². The summed E-state index contributed by atoms with van der Waals surface area (Å²) in [6.45, 7) is 6.85. The predicted octanol–water partition coefficient (Wildman–Crippen LogP) is -0.0477. The number of likely N-dealkylation sites (tertiary alicyclic amines) is 1. The van der Waals surface area contributed by atoms with Gasteiger partial charge in [0.1, 0.15) is 0 Å². The van der Waals surface area contributed by atoms with Crippen LogP contribution in [0, 0.1) is 0 Å². The van der Waals surface area contributed by atoms with Crippen LogP contribution in [-0.2, 0) is 9.53 Å². The summed E-state index contributed by atoms with van der Waals surface area (Å²) in [6, 6.07) is 0. The average molecular weight is 243 g/mol. The van der Waals surface area contributed by atoms with Gasteiger partial charge in [-0.25, -0.2) is 0 Å². The first-order chi connectivity index (χ1) is 8.22. The number of ether oxygens (including phenoxy) is 1. The van der Waals surface area contributed by atoms with Crippen LogP contribution in [-0.4, -0.2) is 56.2 Å². The number of hydrogen-bond donors (Lipinski definition) is 2. The highest BCUT2D eigenvalue weighted by atomic mass is 16.5.